The number of anilines is 1. The summed E-state index contributed by atoms with van der Waals surface area (Å²) in [6, 6.07) is 0.248. The second-order valence-corrected chi connectivity index (χ2v) is 6.77. The first-order valence-electron chi connectivity index (χ1n) is 8.67. The van der Waals surface area contributed by atoms with Crippen molar-refractivity contribution in [1.29, 1.82) is 0 Å². The van der Waals surface area contributed by atoms with Crippen molar-refractivity contribution in [3.8, 4) is 6.01 Å². The lowest BCUT2D eigenvalue weighted by atomic mass is 10.1. The Hall–Kier alpha value is -2.09. The van der Waals surface area contributed by atoms with E-state index >= 15 is 0 Å². The summed E-state index contributed by atoms with van der Waals surface area (Å²) >= 11 is 0. The lowest BCUT2D eigenvalue weighted by molar-refractivity contribution is 0.183. The largest absolute Gasteiger partial charge is 0.463 e. The maximum absolute atomic E-state index is 12.2. The number of ether oxygens (including phenoxy) is 2. The van der Waals surface area contributed by atoms with E-state index in [1.165, 1.54) is 12.8 Å². The Morgan fingerprint density at radius 1 is 1.25 bits per heavy atom. The summed E-state index contributed by atoms with van der Waals surface area (Å²) in [6.45, 7) is 2.75. The van der Waals surface area contributed by atoms with Crippen LogP contribution in [0.3, 0.4) is 0 Å². The fourth-order valence-electron chi connectivity index (χ4n) is 3.15. The van der Waals surface area contributed by atoms with E-state index in [0.29, 0.717) is 30.2 Å². The lowest BCUT2D eigenvalue weighted by Gasteiger charge is -2.09. The van der Waals surface area contributed by atoms with Gasteiger partial charge in [-0.1, -0.05) is 12.8 Å². The molecule has 1 aliphatic heterocycles. The average Bonchev–Trinajstić information content (AvgIpc) is 3.12. The van der Waals surface area contributed by atoms with Crippen LogP contribution in [0.1, 0.15) is 32.1 Å². The van der Waals surface area contributed by atoms with Crippen LogP contribution in [0.25, 0.3) is 11.2 Å². The molecule has 1 saturated heterocycles. The zero-order valence-corrected chi connectivity index (χ0v) is 13.7. The van der Waals surface area contributed by atoms with Gasteiger partial charge in [0.2, 0.25) is 0 Å². The first-order valence-corrected chi connectivity index (χ1v) is 8.67. The Bertz CT molecular complexity index is 774. The first-order chi connectivity index (χ1) is 11.7. The Labute approximate surface area is 139 Å². The van der Waals surface area contributed by atoms with E-state index in [9.17, 15) is 4.79 Å². The summed E-state index contributed by atoms with van der Waals surface area (Å²) in [5, 5.41) is 0. The van der Waals surface area contributed by atoms with Crippen LogP contribution in [0.2, 0.25) is 0 Å². The van der Waals surface area contributed by atoms with Crippen molar-refractivity contribution in [3.63, 3.8) is 0 Å². The van der Waals surface area contributed by atoms with Gasteiger partial charge in [0.05, 0.1) is 6.61 Å². The third-order valence-electron chi connectivity index (χ3n) is 4.87. The minimum Gasteiger partial charge on any atom is -0.463 e. The van der Waals surface area contributed by atoms with Crippen LogP contribution < -0.4 is 16.2 Å². The number of aromatic amines is 1. The number of nitrogens with zero attached hydrogens (tertiary/aromatic N) is 3. The van der Waals surface area contributed by atoms with E-state index in [0.717, 1.165) is 38.4 Å². The summed E-state index contributed by atoms with van der Waals surface area (Å²) in [5.41, 5.74) is 6.76. The summed E-state index contributed by atoms with van der Waals surface area (Å²) in [4.78, 5) is 23.5. The van der Waals surface area contributed by atoms with E-state index in [2.05, 4.69) is 15.0 Å². The van der Waals surface area contributed by atoms with Crippen LogP contribution >= 0.6 is 0 Å². The van der Waals surface area contributed by atoms with Gasteiger partial charge in [0, 0.05) is 19.8 Å². The predicted octanol–water partition coefficient (Wildman–Crippen LogP) is 1.31. The normalized spacial score (nSPS) is 20.8. The van der Waals surface area contributed by atoms with Crippen molar-refractivity contribution in [2.75, 3.05) is 25.6 Å². The molecule has 2 fully saturated rings. The van der Waals surface area contributed by atoms with Crippen molar-refractivity contribution >= 4 is 17.0 Å². The van der Waals surface area contributed by atoms with E-state index in [-0.39, 0.29) is 17.5 Å². The van der Waals surface area contributed by atoms with Crippen molar-refractivity contribution in [1.82, 2.24) is 19.5 Å². The van der Waals surface area contributed by atoms with Crippen LogP contribution in [-0.2, 0) is 11.3 Å². The number of aromatic nitrogens is 4. The van der Waals surface area contributed by atoms with Gasteiger partial charge in [-0.3, -0.25) is 4.57 Å². The smallest absolute Gasteiger partial charge is 0.327 e. The SMILES string of the molecule is Nc1nc(OCCC2CC2)nc2c1[nH]c(=O)n2CC[C@H]1CCOC1. The molecule has 2 aliphatic rings. The molecule has 3 heterocycles. The molecule has 0 spiro atoms. The second-order valence-electron chi connectivity index (χ2n) is 6.77. The van der Waals surface area contributed by atoms with Gasteiger partial charge >= 0.3 is 11.7 Å². The van der Waals surface area contributed by atoms with Crippen molar-refractivity contribution < 1.29 is 9.47 Å². The fourth-order valence-corrected chi connectivity index (χ4v) is 3.15. The molecule has 130 valence electrons. The number of nitrogens with one attached hydrogen (secondary N) is 1. The molecule has 0 aromatic carbocycles. The Balaban J connectivity index is 1.53. The Kier molecular flexibility index (Phi) is 4.13. The molecular weight excluding hydrogens is 310 g/mol. The summed E-state index contributed by atoms with van der Waals surface area (Å²) in [6.07, 6.45) is 5.52. The van der Waals surface area contributed by atoms with Gasteiger partial charge in [0.25, 0.3) is 0 Å². The molecule has 0 unspecified atom stereocenters. The predicted molar refractivity (Wildman–Crippen MR) is 88.9 cm³/mol. The highest BCUT2D eigenvalue weighted by molar-refractivity contribution is 5.81. The maximum Gasteiger partial charge on any atom is 0.327 e. The van der Waals surface area contributed by atoms with Gasteiger partial charge in [0.1, 0.15) is 5.52 Å². The molecule has 2 aromatic rings. The Morgan fingerprint density at radius 2 is 2.12 bits per heavy atom. The molecule has 1 aliphatic carbocycles. The van der Waals surface area contributed by atoms with Gasteiger partial charge in [0.15, 0.2) is 11.5 Å². The topological polar surface area (TPSA) is 108 Å². The van der Waals surface area contributed by atoms with E-state index in [4.69, 9.17) is 15.2 Å². The molecule has 8 nitrogen and oxygen atoms in total. The molecule has 0 amide bonds. The Morgan fingerprint density at radius 3 is 2.88 bits per heavy atom. The van der Waals surface area contributed by atoms with Crippen molar-refractivity contribution in [2.24, 2.45) is 11.8 Å². The first kappa shape index (κ1) is 15.4. The van der Waals surface area contributed by atoms with Gasteiger partial charge in [-0.05, 0) is 31.1 Å². The summed E-state index contributed by atoms with van der Waals surface area (Å²) in [5.74, 6) is 1.53. The van der Waals surface area contributed by atoms with Gasteiger partial charge in [-0.25, -0.2) is 4.79 Å². The number of imidazole rings is 1. The highest BCUT2D eigenvalue weighted by Gasteiger charge is 2.22. The van der Waals surface area contributed by atoms with E-state index < -0.39 is 0 Å². The minimum atomic E-state index is -0.208. The number of H-pyrrole nitrogens is 1. The molecule has 0 bridgehead atoms. The molecule has 1 saturated carbocycles. The molecule has 0 radical (unpaired) electrons. The molecule has 4 rings (SSSR count). The van der Waals surface area contributed by atoms with Crippen LogP contribution in [-0.4, -0.2) is 39.3 Å². The molecule has 3 N–H and O–H groups in total. The number of hydrogen-bond acceptors (Lipinski definition) is 6. The maximum atomic E-state index is 12.2. The fraction of sp³-hybridized carbons (Fsp3) is 0.688. The molecule has 2 aromatic heterocycles. The van der Waals surface area contributed by atoms with Gasteiger partial charge in [-0.15, -0.1) is 0 Å². The van der Waals surface area contributed by atoms with Crippen LogP contribution in [0.15, 0.2) is 4.79 Å². The van der Waals surface area contributed by atoms with Gasteiger partial charge in [-0.2, -0.15) is 9.97 Å². The van der Waals surface area contributed by atoms with Crippen LogP contribution in [0.5, 0.6) is 6.01 Å². The standard InChI is InChI=1S/C16H23N5O3/c17-13-12-14(20-15(19-13)24-8-5-10-1-2-10)21(16(22)18-12)6-3-11-4-7-23-9-11/h10-11H,1-9H2,(H,18,22)(H2,17,19,20)/t11-/m0/s1. The third-order valence-corrected chi connectivity index (χ3v) is 4.87. The summed E-state index contributed by atoms with van der Waals surface area (Å²) in [7, 11) is 0. The van der Waals surface area contributed by atoms with Crippen LogP contribution in [0.4, 0.5) is 5.82 Å². The minimum absolute atomic E-state index is 0.208. The van der Waals surface area contributed by atoms with Gasteiger partial charge < -0.3 is 20.2 Å². The molecule has 24 heavy (non-hydrogen) atoms. The number of aryl methyl sites for hydroxylation is 1. The van der Waals surface area contributed by atoms with E-state index in [1.54, 1.807) is 4.57 Å². The number of fused-ring (bicyclic) bond motifs is 1. The quantitative estimate of drug-likeness (QED) is 0.791. The molecule has 8 heteroatoms. The monoisotopic (exact) mass is 333 g/mol. The lowest BCUT2D eigenvalue weighted by Crippen LogP contribution is -2.19. The van der Waals surface area contributed by atoms with Crippen molar-refractivity contribution in [2.45, 2.75) is 38.6 Å². The zero-order chi connectivity index (χ0) is 16.5. The molecular formula is C16H23N5O3. The van der Waals surface area contributed by atoms with E-state index in [1.807, 2.05) is 0 Å². The molecule has 1 atom stereocenters. The zero-order valence-electron chi connectivity index (χ0n) is 13.7. The number of rotatable bonds is 7. The number of hydrogen-bond donors (Lipinski definition) is 2. The average molecular weight is 333 g/mol. The van der Waals surface area contributed by atoms with Crippen LogP contribution in [0, 0.1) is 11.8 Å². The highest BCUT2D eigenvalue weighted by Crippen LogP contribution is 2.32. The summed E-state index contributed by atoms with van der Waals surface area (Å²) < 4.78 is 12.7. The second kappa shape index (κ2) is 6.43. The third kappa shape index (κ3) is 3.24. The highest BCUT2D eigenvalue weighted by atomic mass is 16.5. The number of nitrogen functional groups attached to an aromatic ring is 1. The number of nitrogens with two attached hydrogens (primary N) is 1. The van der Waals surface area contributed by atoms with Crippen molar-refractivity contribution in [3.05, 3.63) is 10.5 Å².